The van der Waals surface area contributed by atoms with Gasteiger partial charge in [-0.05, 0) is 42.5 Å². The van der Waals surface area contributed by atoms with E-state index in [1.165, 1.54) is 19.2 Å². The number of methoxy groups -OCH3 is 2. The summed E-state index contributed by atoms with van der Waals surface area (Å²) in [7, 11) is 3.08. The van der Waals surface area contributed by atoms with Crippen LogP contribution >= 0.6 is 11.8 Å². The van der Waals surface area contributed by atoms with E-state index in [1.54, 1.807) is 49.2 Å². The van der Waals surface area contributed by atoms with Crippen molar-refractivity contribution in [2.75, 3.05) is 20.0 Å². The van der Waals surface area contributed by atoms with Crippen LogP contribution in [0.2, 0.25) is 0 Å². The normalized spacial score (nSPS) is 12.5. The Hall–Kier alpha value is -3.00. The van der Waals surface area contributed by atoms with Crippen molar-refractivity contribution in [1.82, 2.24) is 14.9 Å². The van der Waals surface area contributed by atoms with Gasteiger partial charge in [0, 0.05) is 23.4 Å². The Morgan fingerprint density at radius 2 is 1.93 bits per heavy atom. The second-order valence-corrected chi connectivity index (χ2v) is 7.51. The standard InChI is InChI=1S/C21H20FN3O3S/c1-27-17-8-5-14(11-18(17)28-2)20(26)23-12-16-19(13-3-6-15(22)7-4-13)24-21-25(16)9-10-29-21/h3-8,11H,9-10,12H2,1-2H3,(H,23,26). The van der Waals surface area contributed by atoms with Gasteiger partial charge in [0.1, 0.15) is 5.82 Å². The zero-order chi connectivity index (χ0) is 20.4. The Morgan fingerprint density at radius 3 is 2.66 bits per heavy atom. The molecule has 4 rings (SSSR count). The van der Waals surface area contributed by atoms with Crippen LogP contribution in [-0.4, -0.2) is 35.4 Å². The van der Waals surface area contributed by atoms with Crippen molar-refractivity contribution in [3.8, 4) is 22.8 Å². The van der Waals surface area contributed by atoms with E-state index in [0.29, 0.717) is 23.6 Å². The van der Waals surface area contributed by atoms with Crippen molar-refractivity contribution in [3.63, 3.8) is 0 Å². The molecule has 6 nitrogen and oxygen atoms in total. The number of benzene rings is 2. The first kappa shape index (κ1) is 19.3. The third-order valence-corrected chi connectivity index (χ3v) is 5.72. The molecular weight excluding hydrogens is 393 g/mol. The van der Waals surface area contributed by atoms with E-state index in [2.05, 4.69) is 9.88 Å². The van der Waals surface area contributed by atoms with Crippen LogP contribution < -0.4 is 14.8 Å². The molecule has 0 saturated heterocycles. The lowest BCUT2D eigenvalue weighted by Crippen LogP contribution is -2.24. The maximum atomic E-state index is 13.3. The van der Waals surface area contributed by atoms with E-state index in [4.69, 9.17) is 14.5 Å². The van der Waals surface area contributed by atoms with Crippen LogP contribution in [0.1, 0.15) is 16.1 Å². The second kappa shape index (κ2) is 8.16. The van der Waals surface area contributed by atoms with Crippen molar-refractivity contribution in [2.45, 2.75) is 18.2 Å². The maximum absolute atomic E-state index is 13.3. The summed E-state index contributed by atoms with van der Waals surface area (Å²) in [6.45, 7) is 1.14. The highest BCUT2D eigenvalue weighted by Crippen LogP contribution is 2.33. The molecule has 0 radical (unpaired) electrons. The Kier molecular flexibility index (Phi) is 5.44. The number of halogens is 1. The topological polar surface area (TPSA) is 65.4 Å². The van der Waals surface area contributed by atoms with E-state index in [-0.39, 0.29) is 11.7 Å². The first-order valence-corrected chi connectivity index (χ1v) is 10.1. The number of aromatic nitrogens is 2. The molecular formula is C21H20FN3O3S. The fourth-order valence-corrected chi connectivity index (χ4v) is 4.26. The van der Waals surface area contributed by atoms with Gasteiger partial charge in [-0.3, -0.25) is 4.79 Å². The number of carbonyl (C=O) groups is 1. The quantitative estimate of drug-likeness (QED) is 0.667. The van der Waals surface area contributed by atoms with Crippen LogP contribution in [0.25, 0.3) is 11.3 Å². The first-order chi connectivity index (χ1) is 14.1. The average molecular weight is 413 g/mol. The Balaban J connectivity index is 1.58. The molecule has 1 aliphatic heterocycles. The molecule has 0 spiro atoms. The molecule has 150 valence electrons. The minimum Gasteiger partial charge on any atom is -0.493 e. The van der Waals surface area contributed by atoms with E-state index in [9.17, 15) is 9.18 Å². The summed E-state index contributed by atoms with van der Waals surface area (Å²) in [6.07, 6.45) is 0. The summed E-state index contributed by atoms with van der Waals surface area (Å²) in [5.41, 5.74) is 2.97. The van der Waals surface area contributed by atoms with Crippen molar-refractivity contribution in [2.24, 2.45) is 0 Å². The Labute approximate surface area is 172 Å². The van der Waals surface area contributed by atoms with Gasteiger partial charge in [0.15, 0.2) is 16.7 Å². The molecule has 2 aromatic carbocycles. The minimum absolute atomic E-state index is 0.225. The molecule has 1 amide bonds. The molecule has 29 heavy (non-hydrogen) atoms. The number of amides is 1. The summed E-state index contributed by atoms with van der Waals surface area (Å²) in [6, 6.07) is 11.3. The van der Waals surface area contributed by atoms with E-state index < -0.39 is 0 Å². The Bertz CT molecular complexity index is 1050. The lowest BCUT2D eigenvalue weighted by atomic mass is 10.1. The lowest BCUT2D eigenvalue weighted by molar-refractivity contribution is 0.0949. The van der Waals surface area contributed by atoms with Crippen LogP contribution in [0.5, 0.6) is 11.5 Å². The summed E-state index contributed by atoms with van der Waals surface area (Å²) < 4.78 is 25.9. The number of fused-ring (bicyclic) bond motifs is 1. The van der Waals surface area contributed by atoms with Crippen molar-refractivity contribution in [3.05, 3.63) is 59.5 Å². The predicted octanol–water partition coefficient (Wildman–Crippen LogP) is 3.74. The van der Waals surface area contributed by atoms with Crippen LogP contribution in [-0.2, 0) is 13.1 Å². The first-order valence-electron chi connectivity index (χ1n) is 9.09. The molecule has 0 fully saturated rings. The molecule has 1 aliphatic rings. The number of nitrogens with zero attached hydrogens (tertiary/aromatic N) is 2. The van der Waals surface area contributed by atoms with E-state index >= 15 is 0 Å². The molecule has 0 aliphatic carbocycles. The summed E-state index contributed by atoms with van der Waals surface area (Å²) in [4.78, 5) is 17.4. The van der Waals surface area contributed by atoms with Crippen LogP contribution in [0.4, 0.5) is 4.39 Å². The number of ether oxygens (including phenoxy) is 2. The molecule has 1 aromatic heterocycles. The number of rotatable bonds is 6. The van der Waals surface area contributed by atoms with Crippen molar-refractivity contribution >= 4 is 17.7 Å². The molecule has 0 atom stereocenters. The van der Waals surface area contributed by atoms with Gasteiger partial charge in [0.05, 0.1) is 32.2 Å². The van der Waals surface area contributed by atoms with Crippen LogP contribution in [0.3, 0.4) is 0 Å². The highest BCUT2D eigenvalue weighted by molar-refractivity contribution is 7.99. The van der Waals surface area contributed by atoms with Gasteiger partial charge in [-0.15, -0.1) is 0 Å². The fourth-order valence-electron chi connectivity index (χ4n) is 3.29. The number of hydrogen-bond acceptors (Lipinski definition) is 5. The summed E-state index contributed by atoms with van der Waals surface area (Å²) >= 11 is 1.67. The van der Waals surface area contributed by atoms with Gasteiger partial charge >= 0.3 is 0 Å². The molecule has 1 N–H and O–H groups in total. The number of hydrogen-bond donors (Lipinski definition) is 1. The number of thioether (sulfide) groups is 1. The number of nitrogens with one attached hydrogen (secondary N) is 1. The van der Waals surface area contributed by atoms with Gasteiger partial charge in [-0.1, -0.05) is 11.8 Å². The summed E-state index contributed by atoms with van der Waals surface area (Å²) in [5, 5.41) is 3.88. The fraction of sp³-hybridized carbons (Fsp3) is 0.238. The van der Waals surface area contributed by atoms with Gasteiger partial charge in [0.25, 0.3) is 5.91 Å². The maximum Gasteiger partial charge on any atom is 0.251 e. The van der Waals surface area contributed by atoms with Gasteiger partial charge < -0.3 is 19.4 Å². The highest BCUT2D eigenvalue weighted by atomic mass is 32.2. The minimum atomic E-state index is -0.293. The number of imidazole rings is 1. The zero-order valence-corrected chi connectivity index (χ0v) is 16.9. The van der Waals surface area contributed by atoms with E-state index in [0.717, 1.165) is 34.4 Å². The summed E-state index contributed by atoms with van der Waals surface area (Å²) in [5.74, 6) is 1.49. The molecule has 0 unspecified atom stereocenters. The number of carbonyl (C=O) groups excluding carboxylic acids is 1. The molecule has 2 heterocycles. The van der Waals surface area contributed by atoms with Gasteiger partial charge in [-0.2, -0.15) is 0 Å². The van der Waals surface area contributed by atoms with Crippen LogP contribution in [0.15, 0.2) is 47.6 Å². The third-order valence-electron chi connectivity index (χ3n) is 4.76. The molecule has 3 aromatic rings. The molecule has 0 saturated carbocycles. The van der Waals surface area contributed by atoms with Crippen molar-refractivity contribution in [1.29, 1.82) is 0 Å². The SMILES string of the molecule is COc1ccc(C(=O)NCc2c(-c3ccc(F)cc3)nc3n2CCS3)cc1OC. The largest absolute Gasteiger partial charge is 0.493 e. The highest BCUT2D eigenvalue weighted by Gasteiger charge is 2.23. The zero-order valence-electron chi connectivity index (χ0n) is 16.1. The lowest BCUT2D eigenvalue weighted by Gasteiger charge is -2.12. The molecule has 8 heteroatoms. The third kappa shape index (κ3) is 3.80. The van der Waals surface area contributed by atoms with Crippen molar-refractivity contribution < 1.29 is 18.7 Å². The van der Waals surface area contributed by atoms with Gasteiger partial charge in [-0.25, -0.2) is 9.37 Å². The van der Waals surface area contributed by atoms with Gasteiger partial charge in [0.2, 0.25) is 0 Å². The average Bonchev–Trinajstić information content (AvgIpc) is 3.33. The Morgan fingerprint density at radius 1 is 1.17 bits per heavy atom. The molecule has 0 bridgehead atoms. The second-order valence-electron chi connectivity index (χ2n) is 6.45. The predicted molar refractivity (Wildman–Crippen MR) is 109 cm³/mol. The smallest absolute Gasteiger partial charge is 0.251 e. The monoisotopic (exact) mass is 413 g/mol. The van der Waals surface area contributed by atoms with E-state index in [1.807, 2.05) is 0 Å². The van der Waals surface area contributed by atoms with Crippen LogP contribution in [0, 0.1) is 5.82 Å².